The summed E-state index contributed by atoms with van der Waals surface area (Å²) in [5.41, 5.74) is 1.91. The fraction of sp³-hybridized carbons (Fsp3) is 0.500. The summed E-state index contributed by atoms with van der Waals surface area (Å²) in [7, 11) is -2.84. The smallest absolute Gasteiger partial charge is 0.151 e. The minimum Gasteiger partial charge on any atom is -0.396 e. The molecule has 2 aromatic rings. The van der Waals surface area contributed by atoms with Gasteiger partial charge >= 0.3 is 0 Å². The Hall–Kier alpha value is -1.81. The van der Waals surface area contributed by atoms with Crippen molar-refractivity contribution in [2.45, 2.75) is 25.9 Å². The van der Waals surface area contributed by atoms with Crippen LogP contribution in [0, 0.1) is 11.2 Å². The number of hydrogen-bond acceptors (Lipinski definition) is 7. The van der Waals surface area contributed by atoms with Gasteiger partial charge in [0.05, 0.1) is 11.5 Å². The van der Waals surface area contributed by atoms with Gasteiger partial charge in [-0.05, 0) is 31.0 Å². The van der Waals surface area contributed by atoms with Crippen LogP contribution in [-0.4, -0.2) is 65.6 Å². The first kappa shape index (κ1) is 21.4. The molecule has 0 bridgehead atoms. The van der Waals surface area contributed by atoms with E-state index in [1.54, 1.807) is 12.3 Å². The van der Waals surface area contributed by atoms with E-state index in [1.807, 2.05) is 6.92 Å². The number of halogens is 2. The highest BCUT2D eigenvalue weighted by Gasteiger charge is 2.55. The minimum absolute atomic E-state index is 0.0351. The fourth-order valence-electron chi connectivity index (χ4n) is 4.38. The molecule has 2 N–H and O–H groups in total. The zero-order valence-electron chi connectivity index (χ0n) is 16.6. The Labute approximate surface area is 180 Å². The van der Waals surface area contributed by atoms with E-state index in [0.29, 0.717) is 37.3 Å². The van der Waals surface area contributed by atoms with Gasteiger partial charge in [-0.2, -0.15) is 0 Å². The van der Waals surface area contributed by atoms with Gasteiger partial charge in [-0.25, -0.2) is 17.8 Å². The first-order valence-corrected chi connectivity index (χ1v) is 12.0. The lowest BCUT2D eigenvalue weighted by molar-refractivity contribution is 0.0179. The summed E-state index contributed by atoms with van der Waals surface area (Å²) in [6.07, 6.45) is 3.65. The number of anilines is 1. The summed E-state index contributed by atoms with van der Waals surface area (Å²) in [6, 6.07) is 3.04. The molecule has 0 amide bonds. The van der Waals surface area contributed by atoms with E-state index in [9.17, 15) is 12.8 Å². The number of likely N-dealkylation sites (tertiary alicyclic amines) is 1. The first-order chi connectivity index (χ1) is 14.2. The molecule has 2 saturated heterocycles. The molecule has 30 heavy (non-hydrogen) atoms. The Morgan fingerprint density at radius 2 is 2.03 bits per heavy atom. The van der Waals surface area contributed by atoms with Crippen molar-refractivity contribution in [3.63, 3.8) is 0 Å². The van der Waals surface area contributed by atoms with E-state index in [0.717, 1.165) is 5.56 Å². The molecule has 0 radical (unpaired) electrons. The van der Waals surface area contributed by atoms with Gasteiger partial charge in [0.2, 0.25) is 0 Å². The van der Waals surface area contributed by atoms with Gasteiger partial charge in [0.25, 0.3) is 0 Å². The number of nitrogens with zero attached hydrogens (tertiary/aromatic N) is 3. The lowest BCUT2D eigenvalue weighted by atomic mass is 9.82. The van der Waals surface area contributed by atoms with Gasteiger partial charge in [-0.3, -0.25) is 9.88 Å². The highest BCUT2D eigenvalue weighted by molar-refractivity contribution is 7.92. The van der Waals surface area contributed by atoms with E-state index in [-0.39, 0.29) is 40.4 Å². The molecule has 2 aliphatic heterocycles. The maximum Gasteiger partial charge on any atom is 0.151 e. The summed E-state index contributed by atoms with van der Waals surface area (Å²) in [5, 5.41) is 12.6. The highest BCUT2D eigenvalue weighted by Crippen LogP contribution is 2.42. The van der Waals surface area contributed by atoms with E-state index in [4.69, 9.17) is 16.7 Å². The summed E-state index contributed by atoms with van der Waals surface area (Å²) < 4.78 is 37.8. The van der Waals surface area contributed by atoms with Crippen molar-refractivity contribution in [2.24, 2.45) is 5.41 Å². The van der Waals surface area contributed by atoms with Crippen LogP contribution in [0.5, 0.6) is 0 Å². The molecule has 0 saturated carbocycles. The SMILES string of the molecule is C[C@@H](CCO)Nc1cc(Cl)ncc1-c1ncc(CN2CC3(C2)CS(=O)(=O)C3)cc1F. The third-order valence-electron chi connectivity index (χ3n) is 5.56. The molecule has 2 fully saturated rings. The number of aliphatic hydroxyl groups excluding tert-OH is 1. The summed E-state index contributed by atoms with van der Waals surface area (Å²) in [6.45, 7) is 3.91. The predicted octanol–water partition coefficient (Wildman–Crippen LogP) is 2.35. The lowest BCUT2D eigenvalue weighted by Crippen LogP contribution is -2.67. The van der Waals surface area contributed by atoms with E-state index < -0.39 is 15.7 Å². The summed E-state index contributed by atoms with van der Waals surface area (Å²) >= 11 is 6.01. The molecule has 1 spiro atoms. The molecule has 10 heteroatoms. The maximum absolute atomic E-state index is 14.9. The molecule has 2 aromatic heterocycles. The van der Waals surface area contributed by atoms with Gasteiger partial charge in [0, 0.05) is 61.3 Å². The Morgan fingerprint density at radius 3 is 2.67 bits per heavy atom. The van der Waals surface area contributed by atoms with Crippen LogP contribution in [-0.2, 0) is 16.4 Å². The van der Waals surface area contributed by atoms with Crippen LogP contribution in [0.3, 0.4) is 0 Å². The number of pyridine rings is 2. The number of sulfone groups is 1. The third-order valence-corrected chi connectivity index (χ3v) is 7.88. The van der Waals surface area contributed by atoms with E-state index >= 15 is 0 Å². The fourth-order valence-corrected chi connectivity index (χ4v) is 6.68. The molecule has 7 nitrogen and oxygen atoms in total. The van der Waals surface area contributed by atoms with E-state index in [1.165, 1.54) is 12.3 Å². The van der Waals surface area contributed by atoms with Crippen molar-refractivity contribution in [1.29, 1.82) is 0 Å². The normalized spacial score (nSPS) is 20.4. The Morgan fingerprint density at radius 1 is 1.30 bits per heavy atom. The average Bonchev–Trinajstić information content (AvgIpc) is 2.60. The van der Waals surface area contributed by atoms with Crippen LogP contribution in [0.1, 0.15) is 18.9 Å². The topological polar surface area (TPSA) is 95.4 Å². The highest BCUT2D eigenvalue weighted by atomic mass is 35.5. The molecule has 0 aliphatic carbocycles. The Kier molecular flexibility index (Phi) is 5.73. The predicted molar refractivity (Wildman–Crippen MR) is 114 cm³/mol. The second-order valence-electron chi connectivity index (χ2n) is 8.46. The molecule has 162 valence electrons. The van der Waals surface area contributed by atoms with Crippen molar-refractivity contribution in [3.8, 4) is 11.3 Å². The van der Waals surface area contributed by atoms with Crippen molar-refractivity contribution in [2.75, 3.05) is 36.5 Å². The van der Waals surface area contributed by atoms with Gasteiger partial charge in [0.15, 0.2) is 9.84 Å². The molecule has 0 aromatic carbocycles. The van der Waals surface area contributed by atoms with Gasteiger partial charge in [-0.15, -0.1) is 0 Å². The minimum atomic E-state index is -2.84. The first-order valence-electron chi connectivity index (χ1n) is 9.79. The standard InChI is InChI=1S/C20H24ClFN4O3S/c1-13(2-3-27)25-17-5-18(21)23-7-15(17)19-16(22)4-14(6-24-19)8-26-9-20(10-26)11-30(28,29)12-20/h4-7,13,27H,2-3,8-12H2,1H3,(H,23,25)/t13-/m0/s1. The van der Waals surface area contributed by atoms with E-state index in [2.05, 4.69) is 20.2 Å². The third kappa shape index (κ3) is 4.44. The Bertz CT molecular complexity index is 1050. The number of aliphatic hydroxyl groups is 1. The molecule has 4 heterocycles. The second-order valence-corrected chi connectivity index (χ2v) is 10.9. The van der Waals surface area contributed by atoms with Crippen LogP contribution >= 0.6 is 11.6 Å². The van der Waals surface area contributed by atoms with Crippen LogP contribution in [0.4, 0.5) is 10.1 Å². The van der Waals surface area contributed by atoms with Crippen LogP contribution in [0.15, 0.2) is 24.5 Å². The summed E-state index contributed by atoms with van der Waals surface area (Å²) in [5.74, 6) is 0.0579. The van der Waals surface area contributed by atoms with Crippen LogP contribution in [0.2, 0.25) is 5.15 Å². The molecule has 2 aliphatic rings. The largest absolute Gasteiger partial charge is 0.396 e. The van der Waals surface area contributed by atoms with Crippen molar-refractivity contribution in [3.05, 3.63) is 41.1 Å². The second kappa shape index (κ2) is 8.03. The molecular formula is C20H24ClFN4O3S. The van der Waals surface area contributed by atoms with Crippen LogP contribution < -0.4 is 5.32 Å². The molecule has 4 rings (SSSR count). The number of rotatable bonds is 7. The molecule has 0 unspecified atom stereocenters. The van der Waals surface area contributed by atoms with Crippen LogP contribution in [0.25, 0.3) is 11.3 Å². The summed E-state index contributed by atoms with van der Waals surface area (Å²) in [4.78, 5) is 10.5. The van der Waals surface area contributed by atoms with Crippen molar-refractivity contribution < 1.29 is 17.9 Å². The Balaban J connectivity index is 1.47. The quantitative estimate of drug-likeness (QED) is 0.620. The molecular weight excluding hydrogens is 431 g/mol. The zero-order valence-corrected chi connectivity index (χ0v) is 18.2. The lowest BCUT2D eigenvalue weighted by Gasteiger charge is -2.54. The maximum atomic E-state index is 14.9. The van der Waals surface area contributed by atoms with Gasteiger partial charge in [-0.1, -0.05) is 11.6 Å². The van der Waals surface area contributed by atoms with Crippen molar-refractivity contribution >= 4 is 27.1 Å². The number of aromatic nitrogens is 2. The van der Waals surface area contributed by atoms with Crippen molar-refractivity contribution in [1.82, 2.24) is 14.9 Å². The number of nitrogens with one attached hydrogen (secondary N) is 1. The van der Waals surface area contributed by atoms with Gasteiger partial charge < -0.3 is 10.4 Å². The number of hydrogen-bond donors (Lipinski definition) is 2. The zero-order chi connectivity index (χ0) is 21.5. The monoisotopic (exact) mass is 454 g/mol. The molecule has 1 atom stereocenters. The van der Waals surface area contributed by atoms with Gasteiger partial charge in [0.1, 0.15) is 16.7 Å². The average molecular weight is 455 g/mol.